The zero-order chi connectivity index (χ0) is 29.2. The van der Waals surface area contributed by atoms with E-state index in [4.69, 9.17) is 9.97 Å². The molecule has 2 aromatic heterocycles. The van der Waals surface area contributed by atoms with Crippen LogP contribution in [0.4, 0.5) is 0 Å². The highest BCUT2D eigenvalue weighted by Gasteiger charge is 2.25. The smallest absolute Gasteiger partial charge is 0.235 e. The van der Waals surface area contributed by atoms with Gasteiger partial charge in [-0.3, -0.25) is 4.57 Å². The number of benzene rings is 8. The van der Waals surface area contributed by atoms with Gasteiger partial charge < -0.3 is 0 Å². The van der Waals surface area contributed by atoms with E-state index in [1.165, 1.54) is 59.6 Å². The standard InChI is InChI=1S/C42H23N3/c1-2-9-28(10-3-1)40-32-21-18-24-8-4-5-13-29(24)41(32)44-42(43-40)45-33-22-19-26-12-7-15-31-30-14-6-11-25-16-17-27-20-23-34(45)39(37(27)35(25)30)38(33)36(26)31/h1-23H. The van der Waals surface area contributed by atoms with E-state index in [1.807, 2.05) is 0 Å². The van der Waals surface area contributed by atoms with E-state index in [-0.39, 0.29) is 0 Å². The first kappa shape index (κ1) is 23.4. The molecule has 0 amide bonds. The van der Waals surface area contributed by atoms with Crippen molar-refractivity contribution >= 4 is 75.8 Å². The van der Waals surface area contributed by atoms with Crippen molar-refractivity contribution in [3.05, 3.63) is 140 Å². The van der Waals surface area contributed by atoms with Crippen LogP contribution in [0, 0.1) is 0 Å². The van der Waals surface area contributed by atoms with E-state index in [1.54, 1.807) is 0 Å². The number of nitrogens with zero attached hydrogens (tertiary/aromatic N) is 3. The molecule has 45 heavy (non-hydrogen) atoms. The lowest BCUT2D eigenvalue weighted by atomic mass is 9.93. The Balaban J connectivity index is 1.39. The molecule has 0 atom stereocenters. The van der Waals surface area contributed by atoms with Crippen LogP contribution in [0.5, 0.6) is 0 Å². The Kier molecular flexibility index (Phi) is 4.32. The monoisotopic (exact) mass is 569 g/mol. The van der Waals surface area contributed by atoms with Crippen molar-refractivity contribution < 1.29 is 0 Å². The van der Waals surface area contributed by atoms with Gasteiger partial charge in [0.1, 0.15) is 0 Å². The Bertz CT molecular complexity index is 2920. The van der Waals surface area contributed by atoms with Gasteiger partial charge in [0.15, 0.2) is 0 Å². The summed E-state index contributed by atoms with van der Waals surface area (Å²) >= 11 is 0. The maximum atomic E-state index is 5.42. The molecule has 8 aromatic carbocycles. The van der Waals surface area contributed by atoms with E-state index >= 15 is 0 Å². The van der Waals surface area contributed by atoms with Gasteiger partial charge in [0.2, 0.25) is 5.95 Å². The topological polar surface area (TPSA) is 30.7 Å². The molecule has 0 bridgehead atoms. The van der Waals surface area contributed by atoms with Gasteiger partial charge in [-0.15, -0.1) is 0 Å². The maximum Gasteiger partial charge on any atom is 0.235 e. The van der Waals surface area contributed by atoms with Gasteiger partial charge >= 0.3 is 0 Å². The molecule has 206 valence electrons. The highest BCUT2D eigenvalue weighted by molar-refractivity contribution is 6.38. The molecule has 11 rings (SSSR count). The lowest BCUT2D eigenvalue weighted by Gasteiger charge is -2.15. The molecule has 0 aliphatic heterocycles. The molecule has 0 unspecified atom stereocenters. The van der Waals surface area contributed by atoms with E-state index in [2.05, 4.69) is 144 Å². The fourth-order valence-corrected chi connectivity index (χ4v) is 7.99. The number of aromatic nitrogens is 3. The van der Waals surface area contributed by atoms with Gasteiger partial charge in [-0.05, 0) is 61.6 Å². The minimum atomic E-state index is 0.690. The Morgan fingerprint density at radius 2 is 0.956 bits per heavy atom. The van der Waals surface area contributed by atoms with Gasteiger partial charge in [-0.2, -0.15) is 0 Å². The van der Waals surface area contributed by atoms with Crippen LogP contribution in [0.25, 0.3) is 104 Å². The van der Waals surface area contributed by atoms with Crippen molar-refractivity contribution in [2.24, 2.45) is 0 Å². The predicted octanol–water partition coefficient (Wildman–Crippen LogP) is 11.0. The third-order valence-electron chi connectivity index (χ3n) is 9.88. The second kappa shape index (κ2) is 8.31. The molecule has 0 saturated heterocycles. The Morgan fingerprint density at radius 3 is 1.71 bits per heavy atom. The van der Waals surface area contributed by atoms with E-state index in [0.29, 0.717) is 5.95 Å². The van der Waals surface area contributed by atoms with Crippen LogP contribution in [0.2, 0.25) is 0 Å². The molecule has 1 aliphatic rings. The first-order valence-corrected chi connectivity index (χ1v) is 15.4. The molecular weight excluding hydrogens is 546 g/mol. The van der Waals surface area contributed by atoms with Crippen molar-refractivity contribution in [3.8, 4) is 28.3 Å². The number of hydrogen-bond acceptors (Lipinski definition) is 2. The predicted molar refractivity (Wildman–Crippen MR) is 188 cm³/mol. The highest BCUT2D eigenvalue weighted by Crippen LogP contribution is 2.49. The molecule has 3 heteroatoms. The largest absolute Gasteiger partial charge is 0.278 e. The Labute approximate surface area is 257 Å². The van der Waals surface area contributed by atoms with Crippen LogP contribution < -0.4 is 0 Å². The summed E-state index contributed by atoms with van der Waals surface area (Å²) in [7, 11) is 0. The molecule has 0 N–H and O–H groups in total. The molecule has 2 heterocycles. The van der Waals surface area contributed by atoms with Gasteiger partial charge in [0.05, 0.1) is 22.2 Å². The number of fused-ring (bicyclic) bond motifs is 4. The summed E-state index contributed by atoms with van der Waals surface area (Å²) in [6.07, 6.45) is 0. The van der Waals surface area contributed by atoms with Crippen molar-refractivity contribution in [3.63, 3.8) is 0 Å². The third kappa shape index (κ3) is 2.95. The minimum absolute atomic E-state index is 0.690. The average molecular weight is 570 g/mol. The second-order valence-corrected chi connectivity index (χ2v) is 12.1. The van der Waals surface area contributed by atoms with Gasteiger partial charge in [0.25, 0.3) is 0 Å². The summed E-state index contributed by atoms with van der Waals surface area (Å²) < 4.78 is 2.31. The van der Waals surface area contributed by atoms with E-state index in [9.17, 15) is 0 Å². The van der Waals surface area contributed by atoms with Crippen molar-refractivity contribution in [1.29, 1.82) is 0 Å². The van der Waals surface area contributed by atoms with E-state index < -0.39 is 0 Å². The van der Waals surface area contributed by atoms with Crippen LogP contribution in [-0.2, 0) is 0 Å². The average Bonchev–Trinajstić information content (AvgIpc) is 3.38. The normalized spacial score (nSPS) is 12.4. The second-order valence-electron chi connectivity index (χ2n) is 12.1. The molecule has 0 radical (unpaired) electrons. The van der Waals surface area contributed by atoms with Crippen molar-refractivity contribution in [2.45, 2.75) is 0 Å². The molecule has 0 saturated carbocycles. The van der Waals surface area contributed by atoms with Crippen molar-refractivity contribution in [1.82, 2.24) is 14.5 Å². The zero-order valence-corrected chi connectivity index (χ0v) is 24.1. The van der Waals surface area contributed by atoms with E-state index in [0.717, 1.165) is 38.6 Å². The molecule has 10 aromatic rings. The van der Waals surface area contributed by atoms with Gasteiger partial charge in [0, 0.05) is 32.5 Å². The highest BCUT2D eigenvalue weighted by atomic mass is 15.2. The molecule has 3 nitrogen and oxygen atoms in total. The van der Waals surface area contributed by atoms with Crippen LogP contribution in [-0.4, -0.2) is 14.5 Å². The van der Waals surface area contributed by atoms with Gasteiger partial charge in [-0.1, -0.05) is 121 Å². The van der Waals surface area contributed by atoms with Gasteiger partial charge in [-0.25, -0.2) is 9.97 Å². The number of hydrogen-bond donors (Lipinski definition) is 0. The van der Waals surface area contributed by atoms with Crippen LogP contribution >= 0.6 is 0 Å². The molecule has 1 aliphatic carbocycles. The molecule has 0 spiro atoms. The fraction of sp³-hybridized carbons (Fsp3) is 0. The fourth-order valence-electron chi connectivity index (χ4n) is 7.99. The first-order valence-electron chi connectivity index (χ1n) is 15.4. The zero-order valence-electron chi connectivity index (χ0n) is 24.1. The Hall–Kier alpha value is -6.06. The van der Waals surface area contributed by atoms with Crippen LogP contribution in [0.1, 0.15) is 0 Å². The molecule has 0 fully saturated rings. The summed E-state index contributed by atoms with van der Waals surface area (Å²) in [5, 5.41) is 13.6. The lowest BCUT2D eigenvalue weighted by Crippen LogP contribution is -2.04. The lowest BCUT2D eigenvalue weighted by molar-refractivity contribution is 1.02. The summed E-state index contributed by atoms with van der Waals surface area (Å²) in [5.41, 5.74) is 7.82. The SMILES string of the molecule is c1ccc(-c2nc(-n3c4ccc5cccc6c5c4c4c5c(ccc7cccc-6c75)ccc43)nc3c2ccc2ccccc23)cc1. The number of rotatable bonds is 2. The molecular formula is C42H23N3. The summed E-state index contributed by atoms with van der Waals surface area (Å²) in [6.45, 7) is 0. The van der Waals surface area contributed by atoms with Crippen LogP contribution in [0.15, 0.2) is 140 Å². The third-order valence-corrected chi connectivity index (χ3v) is 9.88. The first-order chi connectivity index (χ1) is 22.3. The maximum absolute atomic E-state index is 5.42. The summed E-state index contributed by atoms with van der Waals surface area (Å²) in [4.78, 5) is 10.8. The summed E-state index contributed by atoms with van der Waals surface area (Å²) in [5.74, 6) is 0.690. The minimum Gasteiger partial charge on any atom is -0.278 e. The summed E-state index contributed by atoms with van der Waals surface area (Å²) in [6, 6.07) is 50.4. The van der Waals surface area contributed by atoms with Crippen LogP contribution in [0.3, 0.4) is 0 Å². The van der Waals surface area contributed by atoms with Crippen molar-refractivity contribution in [2.75, 3.05) is 0 Å². The quantitative estimate of drug-likeness (QED) is 0.194. The Morgan fingerprint density at radius 1 is 0.378 bits per heavy atom.